The Bertz CT molecular complexity index is 597. The van der Waals surface area contributed by atoms with Crippen LogP contribution in [0.2, 0.25) is 0 Å². The van der Waals surface area contributed by atoms with Crippen LogP contribution in [0.5, 0.6) is 5.88 Å². The Balaban J connectivity index is 1.88. The van der Waals surface area contributed by atoms with E-state index in [4.69, 9.17) is 9.15 Å². The first-order chi connectivity index (χ1) is 10.3. The maximum atomic E-state index is 5.84. The van der Waals surface area contributed by atoms with E-state index in [0.29, 0.717) is 12.5 Å². The van der Waals surface area contributed by atoms with Crippen LogP contribution in [0.1, 0.15) is 43.7 Å². The van der Waals surface area contributed by atoms with Gasteiger partial charge >= 0.3 is 0 Å². The fourth-order valence-electron chi connectivity index (χ4n) is 2.85. The number of rotatable bonds is 4. The predicted octanol–water partition coefficient (Wildman–Crippen LogP) is 3.51. The Morgan fingerprint density at radius 3 is 3.00 bits per heavy atom. The van der Waals surface area contributed by atoms with Crippen molar-refractivity contribution in [2.75, 3.05) is 18.1 Å². The first kappa shape index (κ1) is 13.9. The van der Waals surface area contributed by atoms with Crippen LogP contribution in [0.3, 0.4) is 0 Å². The Morgan fingerprint density at radius 1 is 1.33 bits per heavy atom. The van der Waals surface area contributed by atoms with Crippen LogP contribution in [0.15, 0.2) is 28.9 Å². The van der Waals surface area contributed by atoms with Crippen LogP contribution in [0.4, 0.5) is 5.82 Å². The molecule has 0 saturated carbocycles. The van der Waals surface area contributed by atoms with Gasteiger partial charge in [0.15, 0.2) is 0 Å². The van der Waals surface area contributed by atoms with Gasteiger partial charge in [0.1, 0.15) is 23.7 Å². The second-order valence-electron chi connectivity index (χ2n) is 5.30. The lowest BCUT2D eigenvalue weighted by molar-refractivity contribution is 0.325. The van der Waals surface area contributed by atoms with Crippen molar-refractivity contribution in [2.45, 2.75) is 39.2 Å². The quantitative estimate of drug-likeness (QED) is 0.861. The van der Waals surface area contributed by atoms with Gasteiger partial charge in [0.05, 0.1) is 12.6 Å². The molecule has 3 rings (SSSR count). The van der Waals surface area contributed by atoms with Crippen LogP contribution in [0.25, 0.3) is 0 Å². The Labute approximate surface area is 125 Å². The number of aromatic nitrogens is 2. The Hall–Kier alpha value is -2.04. The molecule has 0 amide bonds. The highest BCUT2D eigenvalue weighted by Crippen LogP contribution is 2.35. The van der Waals surface area contributed by atoms with Crippen LogP contribution in [-0.4, -0.2) is 23.1 Å². The summed E-state index contributed by atoms with van der Waals surface area (Å²) in [5.41, 5.74) is 0. The highest BCUT2D eigenvalue weighted by molar-refractivity contribution is 5.43. The lowest BCUT2D eigenvalue weighted by Gasteiger charge is -2.35. The number of furan rings is 1. The number of piperidine rings is 1. The van der Waals surface area contributed by atoms with E-state index >= 15 is 0 Å². The molecule has 5 heteroatoms. The van der Waals surface area contributed by atoms with Crippen molar-refractivity contribution < 1.29 is 9.15 Å². The average molecular weight is 287 g/mol. The standard InChI is InChI=1S/C16H21N3O2/c1-3-20-16-10-15(17-11-18-16)19-9-5-4-6-13(19)14-8-7-12(2)21-14/h7-8,10-11,13H,3-6,9H2,1-2H3. The second kappa shape index (κ2) is 6.16. The van der Waals surface area contributed by atoms with E-state index in [0.717, 1.165) is 30.3 Å². The molecular formula is C16H21N3O2. The van der Waals surface area contributed by atoms with E-state index in [2.05, 4.69) is 20.9 Å². The Morgan fingerprint density at radius 2 is 2.24 bits per heavy atom. The molecule has 1 saturated heterocycles. The molecule has 0 aliphatic carbocycles. The van der Waals surface area contributed by atoms with Crippen molar-refractivity contribution in [3.8, 4) is 5.88 Å². The highest BCUT2D eigenvalue weighted by Gasteiger charge is 2.27. The number of hydrogen-bond acceptors (Lipinski definition) is 5. The molecule has 1 fully saturated rings. The lowest BCUT2D eigenvalue weighted by Crippen LogP contribution is -2.33. The van der Waals surface area contributed by atoms with Crippen LogP contribution < -0.4 is 9.64 Å². The van der Waals surface area contributed by atoms with Gasteiger partial charge in [-0.15, -0.1) is 0 Å². The molecule has 1 aliphatic heterocycles. The summed E-state index contributed by atoms with van der Waals surface area (Å²) in [6.45, 7) is 5.52. The maximum Gasteiger partial charge on any atom is 0.218 e. The topological polar surface area (TPSA) is 51.4 Å². The normalized spacial score (nSPS) is 18.8. The molecule has 0 radical (unpaired) electrons. The SMILES string of the molecule is CCOc1cc(N2CCCCC2c2ccc(C)o2)ncn1. The zero-order valence-electron chi connectivity index (χ0n) is 12.6. The van der Waals surface area contributed by atoms with Gasteiger partial charge in [-0.25, -0.2) is 9.97 Å². The molecule has 0 spiro atoms. The zero-order chi connectivity index (χ0) is 14.7. The van der Waals surface area contributed by atoms with Crippen LogP contribution in [-0.2, 0) is 0 Å². The van der Waals surface area contributed by atoms with E-state index < -0.39 is 0 Å². The molecule has 3 heterocycles. The van der Waals surface area contributed by atoms with Crippen molar-refractivity contribution in [3.05, 3.63) is 36.0 Å². The summed E-state index contributed by atoms with van der Waals surface area (Å²) >= 11 is 0. The number of nitrogens with zero attached hydrogens (tertiary/aromatic N) is 3. The van der Waals surface area contributed by atoms with E-state index in [9.17, 15) is 0 Å². The molecule has 2 aromatic rings. The molecule has 1 aliphatic rings. The minimum Gasteiger partial charge on any atom is -0.478 e. The maximum absolute atomic E-state index is 5.84. The molecule has 21 heavy (non-hydrogen) atoms. The van der Waals surface area contributed by atoms with Gasteiger partial charge in [-0.2, -0.15) is 0 Å². The third-order valence-electron chi connectivity index (χ3n) is 3.81. The third kappa shape index (κ3) is 3.01. The van der Waals surface area contributed by atoms with Crippen LogP contribution in [0, 0.1) is 6.92 Å². The summed E-state index contributed by atoms with van der Waals surface area (Å²) in [7, 11) is 0. The molecular weight excluding hydrogens is 266 g/mol. The van der Waals surface area contributed by atoms with Gasteiger partial charge in [0.25, 0.3) is 0 Å². The van der Waals surface area contributed by atoms with E-state index in [-0.39, 0.29) is 6.04 Å². The second-order valence-corrected chi connectivity index (χ2v) is 5.30. The van der Waals surface area contributed by atoms with Crippen molar-refractivity contribution >= 4 is 5.82 Å². The highest BCUT2D eigenvalue weighted by atomic mass is 16.5. The number of anilines is 1. The van der Waals surface area contributed by atoms with E-state index in [1.165, 1.54) is 12.8 Å². The number of aryl methyl sites for hydroxylation is 1. The molecule has 1 unspecified atom stereocenters. The zero-order valence-corrected chi connectivity index (χ0v) is 12.6. The number of ether oxygens (including phenoxy) is 1. The fourth-order valence-corrected chi connectivity index (χ4v) is 2.85. The molecule has 0 N–H and O–H groups in total. The van der Waals surface area contributed by atoms with E-state index in [1.54, 1.807) is 6.33 Å². The number of hydrogen-bond donors (Lipinski definition) is 0. The first-order valence-electron chi connectivity index (χ1n) is 7.55. The molecule has 1 atom stereocenters. The molecule has 0 bridgehead atoms. The summed E-state index contributed by atoms with van der Waals surface area (Å²) in [4.78, 5) is 10.9. The average Bonchev–Trinajstić information content (AvgIpc) is 2.94. The monoisotopic (exact) mass is 287 g/mol. The lowest BCUT2D eigenvalue weighted by atomic mass is 10.00. The smallest absolute Gasteiger partial charge is 0.218 e. The summed E-state index contributed by atoms with van der Waals surface area (Å²) in [6.07, 6.45) is 5.04. The predicted molar refractivity (Wildman–Crippen MR) is 80.6 cm³/mol. The summed E-state index contributed by atoms with van der Waals surface area (Å²) < 4.78 is 11.3. The first-order valence-corrected chi connectivity index (χ1v) is 7.55. The van der Waals surface area contributed by atoms with Gasteiger partial charge in [-0.05, 0) is 45.2 Å². The fraction of sp³-hybridized carbons (Fsp3) is 0.500. The van der Waals surface area contributed by atoms with E-state index in [1.807, 2.05) is 26.0 Å². The summed E-state index contributed by atoms with van der Waals surface area (Å²) in [6, 6.07) is 6.26. The van der Waals surface area contributed by atoms with Gasteiger partial charge in [0, 0.05) is 12.6 Å². The van der Waals surface area contributed by atoms with Gasteiger partial charge in [-0.3, -0.25) is 0 Å². The van der Waals surface area contributed by atoms with Crippen LogP contribution >= 0.6 is 0 Å². The third-order valence-corrected chi connectivity index (χ3v) is 3.81. The van der Waals surface area contributed by atoms with Gasteiger partial charge < -0.3 is 14.1 Å². The largest absolute Gasteiger partial charge is 0.478 e. The van der Waals surface area contributed by atoms with Gasteiger partial charge in [0.2, 0.25) is 5.88 Å². The minimum atomic E-state index is 0.247. The van der Waals surface area contributed by atoms with Crippen molar-refractivity contribution in [1.82, 2.24) is 9.97 Å². The van der Waals surface area contributed by atoms with Crippen molar-refractivity contribution in [3.63, 3.8) is 0 Å². The molecule has 112 valence electrons. The molecule has 0 aromatic carbocycles. The summed E-state index contributed by atoms with van der Waals surface area (Å²) in [5, 5.41) is 0. The molecule has 5 nitrogen and oxygen atoms in total. The minimum absolute atomic E-state index is 0.247. The van der Waals surface area contributed by atoms with Crippen molar-refractivity contribution in [2.24, 2.45) is 0 Å². The molecule has 2 aromatic heterocycles. The van der Waals surface area contributed by atoms with Crippen molar-refractivity contribution in [1.29, 1.82) is 0 Å². The Kier molecular flexibility index (Phi) is 4.08. The summed E-state index contributed by atoms with van der Waals surface area (Å²) in [5.74, 6) is 3.51. The van der Waals surface area contributed by atoms with Gasteiger partial charge in [-0.1, -0.05) is 0 Å².